The topological polar surface area (TPSA) is 0 Å². The molecule has 0 aliphatic rings. The summed E-state index contributed by atoms with van der Waals surface area (Å²) in [5.41, 5.74) is 2.20. The first-order valence-electron chi connectivity index (χ1n) is 6.23. The van der Waals surface area contributed by atoms with Gasteiger partial charge in [-0.25, -0.2) is 4.39 Å². The van der Waals surface area contributed by atoms with Crippen LogP contribution in [0.25, 0.3) is 0 Å². The maximum absolute atomic E-state index is 13.0. The van der Waals surface area contributed by atoms with E-state index < -0.39 is 0 Å². The SMILES string of the molecule is Fc1ccc(CC(CCl)Cc2ccccc2)c(Cl)c1. The zero-order chi connectivity index (χ0) is 13.7. The van der Waals surface area contributed by atoms with Crippen LogP contribution in [0.2, 0.25) is 5.02 Å². The number of hydrogen-bond acceptors (Lipinski definition) is 0. The highest BCUT2D eigenvalue weighted by molar-refractivity contribution is 6.31. The standard InChI is InChI=1S/C16H15Cl2F/c17-11-13(8-12-4-2-1-3-5-12)9-14-6-7-15(19)10-16(14)18/h1-7,10,13H,8-9,11H2. The van der Waals surface area contributed by atoms with Crippen molar-refractivity contribution in [2.45, 2.75) is 12.8 Å². The summed E-state index contributed by atoms with van der Waals surface area (Å²) in [7, 11) is 0. The molecule has 0 saturated carbocycles. The number of halogens is 3. The minimum atomic E-state index is -0.306. The van der Waals surface area contributed by atoms with Gasteiger partial charge in [0, 0.05) is 10.9 Å². The predicted molar refractivity (Wildman–Crippen MR) is 79.5 cm³/mol. The van der Waals surface area contributed by atoms with Gasteiger partial charge in [0.2, 0.25) is 0 Å². The number of alkyl halides is 1. The molecule has 2 aromatic rings. The summed E-state index contributed by atoms with van der Waals surface area (Å²) in [5, 5.41) is 0.475. The van der Waals surface area contributed by atoms with Gasteiger partial charge in [-0.15, -0.1) is 11.6 Å². The summed E-state index contributed by atoms with van der Waals surface area (Å²) in [6.07, 6.45) is 1.66. The molecule has 0 heterocycles. The van der Waals surface area contributed by atoms with Crippen molar-refractivity contribution in [3.05, 3.63) is 70.5 Å². The highest BCUT2D eigenvalue weighted by Gasteiger charge is 2.12. The molecule has 0 aromatic heterocycles. The van der Waals surface area contributed by atoms with Gasteiger partial charge >= 0.3 is 0 Å². The highest BCUT2D eigenvalue weighted by atomic mass is 35.5. The van der Waals surface area contributed by atoms with Crippen LogP contribution in [0.15, 0.2) is 48.5 Å². The fourth-order valence-electron chi connectivity index (χ4n) is 2.13. The summed E-state index contributed by atoms with van der Waals surface area (Å²) in [4.78, 5) is 0. The largest absolute Gasteiger partial charge is 0.207 e. The molecule has 2 aromatic carbocycles. The average Bonchev–Trinajstić information content (AvgIpc) is 2.42. The first kappa shape index (κ1) is 14.4. The summed E-state index contributed by atoms with van der Waals surface area (Å²) in [6.45, 7) is 0. The second-order valence-electron chi connectivity index (χ2n) is 4.65. The zero-order valence-electron chi connectivity index (χ0n) is 10.5. The Morgan fingerprint density at radius 2 is 1.74 bits per heavy atom. The number of benzene rings is 2. The van der Waals surface area contributed by atoms with Crippen LogP contribution in [-0.4, -0.2) is 5.88 Å². The highest BCUT2D eigenvalue weighted by Crippen LogP contribution is 2.23. The second kappa shape index (κ2) is 6.93. The third-order valence-electron chi connectivity index (χ3n) is 3.11. The van der Waals surface area contributed by atoms with Crippen LogP contribution >= 0.6 is 23.2 Å². The zero-order valence-corrected chi connectivity index (χ0v) is 12.0. The number of rotatable bonds is 5. The van der Waals surface area contributed by atoms with Crippen molar-refractivity contribution in [1.29, 1.82) is 0 Å². The van der Waals surface area contributed by atoms with Crippen molar-refractivity contribution in [1.82, 2.24) is 0 Å². The van der Waals surface area contributed by atoms with Crippen LogP contribution in [0.1, 0.15) is 11.1 Å². The van der Waals surface area contributed by atoms with E-state index in [1.165, 1.54) is 17.7 Å². The lowest BCUT2D eigenvalue weighted by Gasteiger charge is -2.15. The van der Waals surface area contributed by atoms with Crippen molar-refractivity contribution >= 4 is 23.2 Å². The van der Waals surface area contributed by atoms with E-state index in [1.54, 1.807) is 6.07 Å². The molecular formula is C16H15Cl2F. The summed E-state index contributed by atoms with van der Waals surface area (Å²) < 4.78 is 13.0. The van der Waals surface area contributed by atoms with Crippen LogP contribution < -0.4 is 0 Å². The molecule has 0 aliphatic carbocycles. The van der Waals surface area contributed by atoms with Gasteiger partial charge in [0.25, 0.3) is 0 Å². The Balaban J connectivity index is 2.06. The van der Waals surface area contributed by atoms with Gasteiger partial charge in [-0.2, -0.15) is 0 Å². The normalized spacial score (nSPS) is 12.4. The van der Waals surface area contributed by atoms with Crippen molar-refractivity contribution in [3.63, 3.8) is 0 Å². The summed E-state index contributed by atoms with van der Waals surface area (Å²) in [5.74, 6) is 0.550. The van der Waals surface area contributed by atoms with E-state index in [-0.39, 0.29) is 5.82 Å². The molecule has 1 unspecified atom stereocenters. The van der Waals surface area contributed by atoms with Gasteiger partial charge in [0.05, 0.1) is 0 Å². The van der Waals surface area contributed by atoms with E-state index in [0.717, 1.165) is 18.4 Å². The molecular weight excluding hydrogens is 282 g/mol. The first-order chi connectivity index (χ1) is 9.19. The van der Waals surface area contributed by atoms with Gasteiger partial charge in [-0.1, -0.05) is 48.0 Å². The summed E-state index contributed by atoms with van der Waals surface area (Å²) in [6, 6.07) is 14.7. The van der Waals surface area contributed by atoms with Crippen LogP contribution in [0.5, 0.6) is 0 Å². The fourth-order valence-corrected chi connectivity index (χ4v) is 2.59. The van der Waals surface area contributed by atoms with Gasteiger partial charge < -0.3 is 0 Å². The van der Waals surface area contributed by atoms with Gasteiger partial charge in [0.15, 0.2) is 0 Å². The average molecular weight is 297 g/mol. The molecule has 0 radical (unpaired) electrons. The third-order valence-corrected chi connectivity index (χ3v) is 3.90. The van der Waals surface area contributed by atoms with Gasteiger partial charge in [-0.05, 0) is 42.0 Å². The second-order valence-corrected chi connectivity index (χ2v) is 5.37. The molecule has 0 N–H and O–H groups in total. The summed E-state index contributed by atoms with van der Waals surface area (Å²) >= 11 is 12.1. The Morgan fingerprint density at radius 1 is 1.00 bits per heavy atom. The van der Waals surface area contributed by atoms with Crippen molar-refractivity contribution in [3.8, 4) is 0 Å². The van der Waals surface area contributed by atoms with Crippen LogP contribution in [-0.2, 0) is 12.8 Å². The molecule has 0 spiro atoms. The quantitative estimate of drug-likeness (QED) is 0.672. The van der Waals surface area contributed by atoms with E-state index in [1.807, 2.05) is 18.2 Å². The van der Waals surface area contributed by atoms with Gasteiger partial charge in [-0.3, -0.25) is 0 Å². The predicted octanol–water partition coefficient (Wildman–Crippen LogP) is 5.12. The third kappa shape index (κ3) is 4.22. The molecule has 0 saturated heterocycles. The smallest absolute Gasteiger partial charge is 0.124 e. The Kier molecular flexibility index (Phi) is 5.24. The maximum atomic E-state index is 13.0. The maximum Gasteiger partial charge on any atom is 0.124 e. The minimum absolute atomic E-state index is 0.298. The molecule has 1 atom stereocenters. The molecule has 2 rings (SSSR count). The lowest BCUT2D eigenvalue weighted by Crippen LogP contribution is -2.10. The molecule has 0 nitrogen and oxygen atoms in total. The Bertz CT molecular complexity index is 526. The Hall–Kier alpha value is -1.05. The van der Waals surface area contributed by atoms with Crippen molar-refractivity contribution < 1.29 is 4.39 Å². The van der Waals surface area contributed by atoms with E-state index in [0.29, 0.717) is 16.8 Å². The van der Waals surface area contributed by atoms with Crippen LogP contribution in [0, 0.1) is 11.7 Å². The molecule has 0 bridgehead atoms. The molecule has 19 heavy (non-hydrogen) atoms. The van der Waals surface area contributed by atoms with E-state index in [2.05, 4.69) is 12.1 Å². The molecule has 100 valence electrons. The van der Waals surface area contributed by atoms with E-state index >= 15 is 0 Å². The monoisotopic (exact) mass is 296 g/mol. The van der Waals surface area contributed by atoms with Crippen molar-refractivity contribution in [2.24, 2.45) is 5.92 Å². The molecule has 3 heteroatoms. The molecule has 0 amide bonds. The van der Waals surface area contributed by atoms with E-state index in [9.17, 15) is 4.39 Å². The molecule has 0 fully saturated rings. The molecule has 0 aliphatic heterocycles. The Morgan fingerprint density at radius 3 is 2.37 bits per heavy atom. The van der Waals surface area contributed by atoms with Crippen LogP contribution in [0.3, 0.4) is 0 Å². The lowest BCUT2D eigenvalue weighted by atomic mass is 9.94. The first-order valence-corrected chi connectivity index (χ1v) is 7.14. The van der Waals surface area contributed by atoms with Gasteiger partial charge in [0.1, 0.15) is 5.82 Å². The number of hydrogen-bond donors (Lipinski definition) is 0. The van der Waals surface area contributed by atoms with Crippen molar-refractivity contribution in [2.75, 3.05) is 5.88 Å². The van der Waals surface area contributed by atoms with Crippen LogP contribution in [0.4, 0.5) is 4.39 Å². The minimum Gasteiger partial charge on any atom is -0.207 e. The van der Waals surface area contributed by atoms with E-state index in [4.69, 9.17) is 23.2 Å². The lowest BCUT2D eigenvalue weighted by molar-refractivity contribution is 0.581. The Labute approximate surface area is 123 Å². The fraction of sp³-hybridized carbons (Fsp3) is 0.250.